The standard InChI is InChI=1S/C21H17NO2/c1-22-19-13-12-16(15-8-4-2-5-9-15)14-18(19)21(24,20(22)23)17-10-6-3-7-11-17/h2-14,24H,1H3/t21-/m1/s1. The van der Waals surface area contributed by atoms with Crippen molar-refractivity contribution in [2.24, 2.45) is 0 Å². The van der Waals surface area contributed by atoms with Gasteiger partial charge in [0.2, 0.25) is 0 Å². The van der Waals surface area contributed by atoms with Crippen molar-refractivity contribution >= 4 is 11.6 Å². The molecule has 3 aromatic carbocycles. The monoisotopic (exact) mass is 315 g/mol. The highest BCUT2D eigenvalue weighted by molar-refractivity contribution is 6.09. The minimum atomic E-state index is -1.64. The van der Waals surface area contributed by atoms with Gasteiger partial charge in [0.1, 0.15) is 0 Å². The van der Waals surface area contributed by atoms with Gasteiger partial charge in [-0.1, -0.05) is 66.7 Å². The van der Waals surface area contributed by atoms with Crippen LogP contribution in [0.2, 0.25) is 0 Å². The summed E-state index contributed by atoms with van der Waals surface area (Å²) in [6.45, 7) is 0. The van der Waals surface area contributed by atoms with Gasteiger partial charge in [-0.2, -0.15) is 0 Å². The summed E-state index contributed by atoms with van der Waals surface area (Å²) in [4.78, 5) is 14.3. The van der Waals surface area contributed by atoms with Gasteiger partial charge in [0, 0.05) is 12.6 Å². The van der Waals surface area contributed by atoms with E-state index in [-0.39, 0.29) is 5.91 Å². The Morgan fingerprint density at radius 2 is 1.46 bits per heavy atom. The number of fused-ring (bicyclic) bond motifs is 1. The number of likely N-dealkylation sites (N-methyl/N-ethyl adjacent to an activating group) is 1. The second-order valence-electron chi connectivity index (χ2n) is 6.04. The molecule has 0 fully saturated rings. The molecule has 1 aliphatic rings. The lowest BCUT2D eigenvalue weighted by atomic mass is 9.86. The second-order valence-corrected chi connectivity index (χ2v) is 6.04. The Kier molecular flexibility index (Phi) is 3.25. The summed E-state index contributed by atoms with van der Waals surface area (Å²) in [6.07, 6.45) is 0. The molecule has 3 aromatic rings. The van der Waals surface area contributed by atoms with Gasteiger partial charge in [0.05, 0.1) is 5.69 Å². The van der Waals surface area contributed by atoms with Crippen LogP contribution in [0, 0.1) is 0 Å². The maximum absolute atomic E-state index is 12.8. The number of rotatable bonds is 2. The van der Waals surface area contributed by atoms with Crippen LogP contribution in [0.4, 0.5) is 5.69 Å². The van der Waals surface area contributed by atoms with Crippen molar-refractivity contribution < 1.29 is 9.90 Å². The Morgan fingerprint density at radius 1 is 0.833 bits per heavy atom. The minimum absolute atomic E-state index is 0.325. The van der Waals surface area contributed by atoms with E-state index < -0.39 is 5.60 Å². The fourth-order valence-electron chi connectivity index (χ4n) is 3.35. The molecule has 0 saturated carbocycles. The summed E-state index contributed by atoms with van der Waals surface area (Å²) in [7, 11) is 1.70. The lowest BCUT2D eigenvalue weighted by Crippen LogP contribution is -2.39. The highest BCUT2D eigenvalue weighted by atomic mass is 16.3. The molecular weight excluding hydrogens is 298 g/mol. The maximum Gasteiger partial charge on any atom is 0.268 e. The molecule has 118 valence electrons. The molecule has 1 amide bonds. The maximum atomic E-state index is 12.8. The third-order valence-electron chi connectivity index (χ3n) is 4.66. The summed E-state index contributed by atoms with van der Waals surface area (Å²) >= 11 is 0. The van der Waals surface area contributed by atoms with Crippen LogP contribution in [-0.2, 0) is 10.4 Å². The number of aliphatic hydroxyl groups is 1. The summed E-state index contributed by atoms with van der Waals surface area (Å²) in [5.74, 6) is -0.325. The quantitative estimate of drug-likeness (QED) is 0.785. The van der Waals surface area contributed by atoms with Crippen LogP contribution in [0.3, 0.4) is 0 Å². The number of nitrogens with zero attached hydrogens (tertiary/aromatic N) is 1. The normalized spacial score (nSPS) is 19.4. The molecule has 3 nitrogen and oxygen atoms in total. The van der Waals surface area contributed by atoms with Crippen LogP contribution in [-0.4, -0.2) is 18.1 Å². The topological polar surface area (TPSA) is 40.5 Å². The molecule has 24 heavy (non-hydrogen) atoms. The van der Waals surface area contributed by atoms with Gasteiger partial charge in [-0.3, -0.25) is 4.79 Å². The van der Waals surface area contributed by atoms with Crippen molar-refractivity contribution in [2.75, 3.05) is 11.9 Å². The van der Waals surface area contributed by atoms with Crippen LogP contribution >= 0.6 is 0 Å². The highest BCUT2D eigenvalue weighted by Gasteiger charge is 2.49. The van der Waals surface area contributed by atoms with E-state index in [9.17, 15) is 9.90 Å². The van der Waals surface area contributed by atoms with E-state index in [0.717, 1.165) is 16.8 Å². The zero-order valence-electron chi connectivity index (χ0n) is 13.3. The van der Waals surface area contributed by atoms with Crippen LogP contribution in [0.1, 0.15) is 11.1 Å². The molecule has 1 heterocycles. The first kappa shape index (κ1) is 14.7. The molecule has 0 spiro atoms. The fourth-order valence-corrected chi connectivity index (χ4v) is 3.35. The predicted molar refractivity (Wildman–Crippen MR) is 94.7 cm³/mol. The number of amides is 1. The van der Waals surface area contributed by atoms with Gasteiger partial charge in [-0.25, -0.2) is 0 Å². The van der Waals surface area contributed by atoms with E-state index >= 15 is 0 Å². The molecule has 0 radical (unpaired) electrons. The first-order chi connectivity index (χ1) is 11.6. The summed E-state index contributed by atoms with van der Waals surface area (Å²) in [6, 6.07) is 24.9. The lowest BCUT2D eigenvalue weighted by Gasteiger charge is -2.22. The predicted octanol–water partition coefficient (Wildman–Crippen LogP) is 3.57. The van der Waals surface area contributed by atoms with E-state index in [1.54, 1.807) is 19.2 Å². The number of carbonyl (C=O) groups is 1. The number of hydrogen-bond donors (Lipinski definition) is 1. The van der Waals surface area contributed by atoms with E-state index in [1.165, 1.54) is 4.90 Å². The largest absolute Gasteiger partial charge is 0.372 e. The molecule has 0 unspecified atom stereocenters. The average molecular weight is 315 g/mol. The number of carbonyl (C=O) groups excluding carboxylic acids is 1. The molecule has 0 aliphatic carbocycles. The molecule has 0 saturated heterocycles. The van der Waals surface area contributed by atoms with Gasteiger partial charge in [-0.05, 0) is 28.8 Å². The first-order valence-corrected chi connectivity index (χ1v) is 7.88. The molecule has 1 N–H and O–H groups in total. The van der Waals surface area contributed by atoms with Crippen molar-refractivity contribution in [2.45, 2.75) is 5.60 Å². The van der Waals surface area contributed by atoms with Crippen molar-refractivity contribution in [1.82, 2.24) is 0 Å². The summed E-state index contributed by atoms with van der Waals surface area (Å²) < 4.78 is 0. The highest BCUT2D eigenvalue weighted by Crippen LogP contribution is 2.45. The van der Waals surface area contributed by atoms with Gasteiger partial charge in [-0.15, -0.1) is 0 Å². The third kappa shape index (κ3) is 1.99. The van der Waals surface area contributed by atoms with Gasteiger partial charge >= 0.3 is 0 Å². The summed E-state index contributed by atoms with van der Waals surface area (Å²) in [5, 5.41) is 11.3. The second kappa shape index (κ2) is 5.32. The zero-order chi connectivity index (χ0) is 16.7. The van der Waals surface area contributed by atoms with E-state index in [0.29, 0.717) is 11.1 Å². The van der Waals surface area contributed by atoms with E-state index in [1.807, 2.05) is 66.7 Å². The van der Waals surface area contributed by atoms with Crippen LogP contribution in [0.5, 0.6) is 0 Å². The Hall–Kier alpha value is -2.91. The zero-order valence-corrected chi connectivity index (χ0v) is 13.3. The van der Waals surface area contributed by atoms with E-state index in [2.05, 4.69) is 0 Å². The molecule has 1 atom stereocenters. The van der Waals surface area contributed by atoms with Gasteiger partial charge in [0.25, 0.3) is 5.91 Å². The van der Waals surface area contributed by atoms with E-state index in [4.69, 9.17) is 0 Å². The van der Waals surface area contributed by atoms with Crippen molar-refractivity contribution in [1.29, 1.82) is 0 Å². The molecule has 3 heteroatoms. The molecule has 0 bridgehead atoms. The SMILES string of the molecule is CN1C(=O)[C@@](O)(c2ccccc2)c2cc(-c3ccccc3)ccc21. The molecular formula is C21H17NO2. The number of hydrogen-bond acceptors (Lipinski definition) is 2. The van der Waals surface area contributed by atoms with Gasteiger partial charge < -0.3 is 10.0 Å². The van der Waals surface area contributed by atoms with Crippen molar-refractivity contribution in [3.05, 3.63) is 90.0 Å². The molecule has 4 rings (SSSR count). The van der Waals surface area contributed by atoms with Crippen molar-refractivity contribution in [3.63, 3.8) is 0 Å². The minimum Gasteiger partial charge on any atom is -0.372 e. The Labute approximate surface area is 140 Å². The Bertz CT molecular complexity index is 906. The van der Waals surface area contributed by atoms with Gasteiger partial charge in [0.15, 0.2) is 5.60 Å². The number of benzene rings is 3. The number of anilines is 1. The first-order valence-electron chi connectivity index (χ1n) is 7.88. The molecule has 0 aromatic heterocycles. The van der Waals surface area contributed by atoms with Crippen molar-refractivity contribution in [3.8, 4) is 11.1 Å². The average Bonchev–Trinajstić information content (AvgIpc) is 2.85. The van der Waals surface area contributed by atoms with Crippen LogP contribution in [0.15, 0.2) is 78.9 Å². The fraction of sp³-hybridized carbons (Fsp3) is 0.0952. The molecule has 1 aliphatic heterocycles. The smallest absolute Gasteiger partial charge is 0.268 e. The lowest BCUT2D eigenvalue weighted by molar-refractivity contribution is -0.131. The third-order valence-corrected chi connectivity index (χ3v) is 4.66. The van der Waals surface area contributed by atoms with Crippen LogP contribution in [0.25, 0.3) is 11.1 Å². The Morgan fingerprint density at radius 3 is 2.12 bits per heavy atom. The Balaban J connectivity index is 1.93. The summed E-state index contributed by atoms with van der Waals surface area (Å²) in [5.41, 5.74) is 2.35. The van der Waals surface area contributed by atoms with Crippen LogP contribution < -0.4 is 4.90 Å².